The van der Waals surface area contributed by atoms with Crippen LogP contribution in [0.4, 0.5) is 15.9 Å². The van der Waals surface area contributed by atoms with Gasteiger partial charge in [-0.15, -0.1) is 0 Å². The molecule has 0 radical (unpaired) electrons. The summed E-state index contributed by atoms with van der Waals surface area (Å²) in [7, 11) is -3.97. The van der Waals surface area contributed by atoms with Crippen LogP contribution < -0.4 is 10.5 Å². The average Bonchev–Trinajstić information content (AvgIpc) is 2.74. The van der Waals surface area contributed by atoms with E-state index in [1.165, 1.54) is 6.20 Å². The van der Waals surface area contributed by atoms with Crippen molar-refractivity contribution in [3.05, 3.63) is 35.8 Å². The van der Waals surface area contributed by atoms with E-state index < -0.39 is 15.8 Å². The van der Waals surface area contributed by atoms with Gasteiger partial charge in [-0.05, 0) is 18.2 Å². The highest BCUT2D eigenvalue weighted by atomic mass is 32.2. The van der Waals surface area contributed by atoms with Gasteiger partial charge in [0.1, 0.15) is 11.9 Å². The monoisotopic (exact) mass is 281 g/mol. The molecule has 1 aromatic carbocycles. The predicted octanol–water partition coefficient (Wildman–Crippen LogP) is 0.803. The van der Waals surface area contributed by atoms with Crippen LogP contribution >= 0.6 is 0 Å². The summed E-state index contributed by atoms with van der Waals surface area (Å²) in [6.45, 7) is 0. The van der Waals surface area contributed by atoms with Crippen LogP contribution in [0.2, 0.25) is 0 Å². The lowest BCUT2D eigenvalue weighted by Gasteiger charge is -2.07. The van der Waals surface area contributed by atoms with Gasteiger partial charge in [-0.1, -0.05) is 0 Å². The van der Waals surface area contributed by atoms with Gasteiger partial charge in [0, 0.05) is 0 Å². The second-order valence-corrected chi connectivity index (χ2v) is 5.24. The van der Waals surface area contributed by atoms with Crippen LogP contribution in [0.5, 0.6) is 0 Å². The molecular formula is C10H8FN5O2S. The lowest BCUT2D eigenvalue weighted by Crippen LogP contribution is -2.14. The quantitative estimate of drug-likeness (QED) is 0.767. The first kappa shape index (κ1) is 12.8. The highest BCUT2D eigenvalue weighted by molar-refractivity contribution is 7.92. The summed E-state index contributed by atoms with van der Waals surface area (Å²) in [4.78, 5) is -0.251. The summed E-state index contributed by atoms with van der Waals surface area (Å²) < 4.78 is 39.2. The van der Waals surface area contributed by atoms with E-state index in [2.05, 4.69) is 14.9 Å². The predicted molar refractivity (Wildman–Crippen MR) is 64.9 cm³/mol. The van der Waals surface area contributed by atoms with E-state index in [1.54, 1.807) is 6.07 Å². The Morgan fingerprint density at radius 2 is 2.21 bits per heavy atom. The Morgan fingerprint density at radius 3 is 2.79 bits per heavy atom. The number of nitrogen functional groups attached to an aromatic ring is 1. The molecule has 19 heavy (non-hydrogen) atoms. The Hall–Kier alpha value is -2.60. The van der Waals surface area contributed by atoms with Crippen LogP contribution in [0, 0.1) is 17.1 Å². The Bertz CT molecular complexity index is 762. The number of nitrogens with one attached hydrogen (secondary N) is 2. The van der Waals surface area contributed by atoms with Crippen LogP contribution in [-0.4, -0.2) is 18.6 Å². The number of hydrogen-bond acceptors (Lipinski definition) is 5. The van der Waals surface area contributed by atoms with Gasteiger partial charge in [0.2, 0.25) is 0 Å². The molecule has 0 bridgehead atoms. The van der Waals surface area contributed by atoms with Crippen LogP contribution in [0.15, 0.2) is 29.3 Å². The molecule has 0 aliphatic carbocycles. The third kappa shape index (κ3) is 2.48. The van der Waals surface area contributed by atoms with Crippen molar-refractivity contribution in [3.8, 4) is 6.07 Å². The zero-order valence-electron chi connectivity index (χ0n) is 9.38. The molecule has 0 aliphatic rings. The van der Waals surface area contributed by atoms with Crippen molar-refractivity contribution in [2.75, 3.05) is 10.5 Å². The van der Waals surface area contributed by atoms with Gasteiger partial charge in [-0.2, -0.15) is 10.4 Å². The number of aromatic nitrogens is 2. The van der Waals surface area contributed by atoms with Crippen molar-refractivity contribution >= 4 is 21.5 Å². The fourth-order valence-corrected chi connectivity index (χ4v) is 2.40. The summed E-state index contributed by atoms with van der Waals surface area (Å²) in [5.74, 6) is -0.787. The van der Waals surface area contributed by atoms with Crippen LogP contribution in [0.1, 0.15) is 5.56 Å². The van der Waals surface area contributed by atoms with Crippen LogP contribution in [-0.2, 0) is 10.0 Å². The SMILES string of the molecule is N#Cc1cc(S(=O)(=O)Nc2[nH]ncc2N)ccc1F. The molecule has 0 saturated carbocycles. The Morgan fingerprint density at radius 1 is 1.47 bits per heavy atom. The molecule has 2 aromatic rings. The van der Waals surface area contributed by atoms with E-state index in [-0.39, 0.29) is 22.0 Å². The normalized spacial score (nSPS) is 10.9. The van der Waals surface area contributed by atoms with Crippen molar-refractivity contribution < 1.29 is 12.8 Å². The molecule has 98 valence electrons. The van der Waals surface area contributed by atoms with Gasteiger partial charge in [0.05, 0.1) is 22.3 Å². The third-order valence-electron chi connectivity index (χ3n) is 2.27. The van der Waals surface area contributed by atoms with E-state index in [1.807, 2.05) is 0 Å². The van der Waals surface area contributed by atoms with Gasteiger partial charge >= 0.3 is 0 Å². The fourth-order valence-electron chi connectivity index (χ4n) is 1.33. The maximum absolute atomic E-state index is 13.1. The van der Waals surface area contributed by atoms with Crippen LogP contribution in [0.25, 0.3) is 0 Å². The minimum atomic E-state index is -3.97. The summed E-state index contributed by atoms with van der Waals surface area (Å²) in [5.41, 5.74) is 5.23. The molecule has 0 spiro atoms. The first-order valence-corrected chi connectivity index (χ1v) is 6.43. The highest BCUT2D eigenvalue weighted by Crippen LogP contribution is 2.20. The lowest BCUT2D eigenvalue weighted by molar-refractivity contribution is 0.599. The maximum Gasteiger partial charge on any atom is 0.263 e. The molecule has 0 unspecified atom stereocenters. The molecular weight excluding hydrogens is 273 g/mol. The van der Waals surface area contributed by atoms with Crippen molar-refractivity contribution in [2.45, 2.75) is 4.90 Å². The minimum Gasteiger partial charge on any atom is -0.394 e. The molecule has 1 heterocycles. The fraction of sp³-hybridized carbons (Fsp3) is 0. The average molecular weight is 281 g/mol. The first-order valence-electron chi connectivity index (χ1n) is 4.95. The topological polar surface area (TPSA) is 125 Å². The van der Waals surface area contributed by atoms with Gasteiger partial charge in [0.15, 0.2) is 5.82 Å². The van der Waals surface area contributed by atoms with Crippen LogP contribution in [0.3, 0.4) is 0 Å². The standard InChI is InChI=1S/C10H8FN5O2S/c11-8-2-1-7(3-6(8)4-12)19(17,18)16-10-9(13)5-14-15-10/h1-3,5H,13H2,(H2,14,15,16). The molecule has 4 N–H and O–H groups in total. The zero-order chi connectivity index (χ0) is 14.0. The van der Waals surface area contributed by atoms with Crippen molar-refractivity contribution in [2.24, 2.45) is 0 Å². The van der Waals surface area contributed by atoms with E-state index in [0.717, 1.165) is 18.2 Å². The van der Waals surface area contributed by atoms with E-state index >= 15 is 0 Å². The molecule has 0 saturated heterocycles. The number of H-pyrrole nitrogens is 1. The van der Waals surface area contributed by atoms with Gasteiger partial charge in [-0.3, -0.25) is 9.82 Å². The minimum absolute atomic E-state index is 0.00262. The van der Waals surface area contributed by atoms with E-state index in [0.29, 0.717) is 0 Å². The largest absolute Gasteiger partial charge is 0.394 e. The Kier molecular flexibility index (Phi) is 3.10. The zero-order valence-corrected chi connectivity index (χ0v) is 10.2. The number of nitrogens with zero attached hydrogens (tertiary/aromatic N) is 2. The molecule has 1 aromatic heterocycles. The third-order valence-corrected chi connectivity index (χ3v) is 3.62. The molecule has 2 rings (SSSR count). The molecule has 9 heteroatoms. The van der Waals surface area contributed by atoms with E-state index in [4.69, 9.17) is 11.0 Å². The highest BCUT2D eigenvalue weighted by Gasteiger charge is 2.18. The molecule has 0 atom stereocenters. The van der Waals surface area contributed by atoms with Crippen molar-refractivity contribution in [3.63, 3.8) is 0 Å². The molecule has 0 fully saturated rings. The van der Waals surface area contributed by atoms with E-state index in [9.17, 15) is 12.8 Å². The number of nitrogens with two attached hydrogens (primary N) is 1. The lowest BCUT2D eigenvalue weighted by atomic mass is 10.2. The molecule has 0 aliphatic heterocycles. The first-order chi connectivity index (χ1) is 8.94. The number of rotatable bonds is 3. The van der Waals surface area contributed by atoms with Crippen molar-refractivity contribution in [1.29, 1.82) is 5.26 Å². The summed E-state index contributed by atoms with van der Waals surface area (Å²) >= 11 is 0. The summed E-state index contributed by atoms with van der Waals surface area (Å²) in [6.07, 6.45) is 1.24. The number of sulfonamides is 1. The number of anilines is 2. The summed E-state index contributed by atoms with van der Waals surface area (Å²) in [6, 6.07) is 4.45. The Labute approximate surface area is 107 Å². The summed E-state index contributed by atoms with van der Waals surface area (Å²) in [5, 5.41) is 14.6. The van der Waals surface area contributed by atoms with Crippen molar-refractivity contribution in [1.82, 2.24) is 10.2 Å². The molecule has 0 amide bonds. The Balaban J connectivity index is 2.41. The van der Waals surface area contributed by atoms with Gasteiger partial charge < -0.3 is 5.73 Å². The number of nitriles is 1. The number of halogens is 1. The second kappa shape index (κ2) is 4.58. The maximum atomic E-state index is 13.1. The van der Waals surface area contributed by atoms with Gasteiger partial charge in [-0.25, -0.2) is 12.8 Å². The van der Waals surface area contributed by atoms with Gasteiger partial charge in [0.25, 0.3) is 10.0 Å². The number of hydrogen-bond donors (Lipinski definition) is 3. The number of aromatic amines is 1. The second-order valence-electron chi connectivity index (χ2n) is 3.56. The smallest absolute Gasteiger partial charge is 0.263 e. The molecule has 7 nitrogen and oxygen atoms in total. The number of benzene rings is 1.